The first-order chi connectivity index (χ1) is 15.4. The minimum absolute atomic E-state index is 0.00233. The summed E-state index contributed by atoms with van der Waals surface area (Å²) in [6.45, 7) is -0.368. The van der Waals surface area contributed by atoms with Gasteiger partial charge in [0.25, 0.3) is 0 Å². The van der Waals surface area contributed by atoms with E-state index in [-0.39, 0.29) is 47.4 Å². The lowest BCUT2D eigenvalue weighted by Crippen LogP contribution is -2.08. The van der Waals surface area contributed by atoms with Gasteiger partial charge in [-0.05, 0) is 48.5 Å². The summed E-state index contributed by atoms with van der Waals surface area (Å²) >= 11 is 0. The van der Waals surface area contributed by atoms with Gasteiger partial charge in [0.05, 0.1) is 25.3 Å². The zero-order chi connectivity index (χ0) is 23.1. The first-order valence-corrected chi connectivity index (χ1v) is 9.19. The average molecular weight is 442 g/mol. The van der Waals surface area contributed by atoms with Crippen LogP contribution < -0.4 is 0 Å². The lowest BCUT2D eigenvalue weighted by atomic mass is 10.1. The molecule has 2 heterocycles. The van der Waals surface area contributed by atoms with Crippen LogP contribution in [0.15, 0.2) is 57.4 Å². The number of esters is 4. The molecule has 32 heavy (non-hydrogen) atoms. The molecule has 0 saturated carbocycles. The predicted octanol–water partition coefficient (Wildman–Crippen LogP) is 3.16. The summed E-state index contributed by atoms with van der Waals surface area (Å²) in [7, 11) is 2.45. The van der Waals surface area contributed by atoms with E-state index >= 15 is 0 Å². The summed E-state index contributed by atoms with van der Waals surface area (Å²) in [6.07, 6.45) is 0. The van der Waals surface area contributed by atoms with E-state index in [2.05, 4.69) is 9.47 Å². The van der Waals surface area contributed by atoms with Crippen molar-refractivity contribution in [2.75, 3.05) is 14.2 Å². The van der Waals surface area contributed by atoms with Crippen LogP contribution in [0, 0.1) is 0 Å². The second-order valence-corrected chi connectivity index (χ2v) is 6.24. The summed E-state index contributed by atoms with van der Waals surface area (Å²) in [5, 5.41) is 0. The Morgan fingerprint density at radius 2 is 0.969 bits per heavy atom. The normalized spacial score (nSPS) is 10.3. The van der Waals surface area contributed by atoms with Gasteiger partial charge in [-0.2, -0.15) is 0 Å². The van der Waals surface area contributed by atoms with Crippen molar-refractivity contribution >= 4 is 23.9 Å². The van der Waals surface area contributed by atoms with Crippen molar-refractivity contribution < 1.29 is 47.0 Å². The highest BCUT2D eigenvalue weighted by atomic mass is 16.6. The summed E-state index contributed by atoms with van der Waals surface area (Å²) in [5.41, 5.74) is 0.408. The second kappa shape index (κ2) is 10.1. The third-order valence-corrected chi connectivity index (χ3v) is 4.14. The molecule has 0 aliphatic carbocycles. The minimum atomic E-state index is -0.646. The van der Waals surface area contributed by atoms with Gasteiger partial charge in [0.15, 0.2) is 0 Å². The largest absolute Gasteiger partial charge is 0.463 e. The Labute approximate surface area is 181 Å². The van der Waals surface area contributed by atoms with Crippen molar-refractivity contribution in [2.24, 2.45) is 0 Å². The number of hydrogen-bond donors (Lipinski definition) is 0. The first-order valence-electron chi connectivity index (χ1n) is 9.19. The van der Waals surface area contributed by atoms with Crippen LogP contribution in [0.4, 0.5) is 0 Å². The van der Waals surface area contributed by atoms with Gasteiger partial charge >= 0.3 is 23.9 Å². The van der Waals surface area contributed by atoms with Crippen molar-refractivity contribution in [1.82, 2.24) is 0 Å². The Balaban J connectivity index is 1.51. The minimum Gasteiger partial charge on any atom is -0.463 e. The number of ether oxygens (including phenoxy) is 4. The Morgan fingerprint density at radius 3 is 1.31 bits per heavy atom. The van der Waals surface area contributed by atoms with Crippen LogP contribution in [-0.4, -0.2) is 38.1 Å². The summed E-state index contributed by atoms with van der Waals surface area (Å²) in [5.74, 6) is -2.03. The maximum atomic E-state index is 12.2. The van der Waals surface area contributed by atoms with Gasteiger partial charge in [-0.1, -0.05) is 0 Å². The molecule has 2 aromatic heterocycles. The van der Waals surface area contributed by atoms with Crippen molar-refractivity contribution in [3.8, 4) is 0 Å². The van der Waals surface area contributed by atoms with Gasteiger partial charge in [-0.3, -0.25) is 0 Å². The Bertz CT molecular complexity index is 1030. The molecule has 0 fully saturated rings. The fraction of sp³-hybridized carbons (Fsp3) is 0.182. The number of rotatable bonds is 8. The van der Waals surface area contributed by atoms with Crippen molar-refractivity contribution in [3.63, 3.8) is 0 Å². The van der Waals surface area contributed by atoms with Gasteiger partial charge in [0, 0.05) is 0 Å². The molecule has 166 valence electrons. The van der Waals surface area contributed by atoms with E-state index < -0.39 is 23.9 Å². The molecule has 1 aromatic carbocycles. The molecule has 10 heteroatoms. The quantitative estimate of drug-likeness (QED) is 0.378. The zero-order valence-corrected chi connectivity index (χ0v) is 17.1. The topological polar surface area (TPSA) is 131 Å². The van der Waals surface area contributed by atoms with Crippen LogP contribution >= 0.6 is 0 Å². The van der Waals surface area contributed by atoms with Crippen molar-refractivity contribution in [2.45, 2.75) is 13.2 Å². The van der Waals surface area contributed by atoms with Gasteiger partial charge in [-0.15, -0.1) is 0 Å². The van der Waals surface area contributed by atoms with E-state index in [1.807, 2.05) is 0 Å². The third-order valence-electron chi connectivity index (χ3n) is 4.14. The van der Waals surface area contributed by atoms with Gasteiger partial charge in [0.2, 0.25) is 11.5 Å². The van der Waals surface area contributed by atoms with Crippen LogP contribution in [-0.2, 0) is 32.2 Å². The van der Waals surface area contributed by atoms with Crippen LogP contribution in [0.2, 0.25) is 0 Å². The maximum absolute atomic E-state index is 12.2. The lowest BCUT2D eigenvalue weighted by Gasteiger charge is -2.05. The van der Waals surface area contributed by atoms with E-state index in [1.165, 1.54) is 62.8 Å². The molecule has 0 N–H and O–H groups in total. The number of carbonyl (C=O) groups excluding carboxylic acids is 4. The van der Waals surface area contributed by atoms with Gasteiger partial charge < -0.3 is 27.8 Å². The Morgan fingerprint density at radius 1 is 0.594 bits per heavy atom. The van der Waals surface area contributed by atoms with E-state index in [9.17, 15) is 19.2 Å². The fourth-order valence-electron chi connectivity index (χ4n) is 2.51. The first kappa shape index (κ1) is 22.3. The third kappa shape index (κ3) is 5.42. The highest BCUT2D eigenvalue weighted by molar-refractivity contribution is 5.93. The molecular formula is C22H18O10. The summed E-state index contributed by atoms with van der Waals surface area (Å²) in [4.78, 5) is 47.0. The average Bonchev–Trinajstić information content (AvgIpc) is 3.50. The van der Waals surface area contributed by atoms with E-state index in [0.717, 1.165) is 0 Å². The summed E-state index contributed by atoms with van der Waals surface area (Å²) < 4.78 is 29.7. The molecule has 0 aliphatic rings. The number of furan rings is 2. The molecule has 0 aliphatic heterocycles. The SMILES string of the molecule is COC(=O)c1ccc(COC(=O)c2ccc(C(=O)OCc3ccc(C(=O)OC)o3)cc2)o1. The van der Waals surface area contributed by atoms with E-state index in [1.54, 1.807) is 0 Å². The predicted molar refractivity (Wildman–Crippen MR) is 105 cm³/mol. The van der Waals surface area contributed by atoms with Gasteiger partial charge in [0.1, 0.15) is 24.7 Å². The number of benzene rings is 1. The monoisotopic (exact) mass is 442 g/mol. The molecule has 0 amide bonds. The molecule has 0 radical (unpaired) electrons. The molecule has 3 aromatic rings. The Kier molecular flexibility index (Phi) is 7.06. The summed E-state index contributed by atoms with van der Waals surface area (Å²) in [6, 6.07) is 11.4. The van der Waals surface area contributed by atoms with E-state index in [0.29, 0.717) is 0 Å². The van der Waals surface area contributed by atoms with Crippen molar-refractivity contribution in [3.05, 3.63) is 82.7 Å². The molecule has 0 unspecified atom stereocenters. The maximum Gasteiger partial charge on any atom is 0.373 e. The molecule has 10 nitrogen and oxygen atoms in total. The van der Waals surface area contributed by atoms with Crippen LogP contribution in [0.25, 0.3) is 0 Å². The van der Waals surface area contributed by atoms with Crippen molar-refractivity contribution in [1.29, 1.82) is 0 Å². The molecule has 0 saturated heterocycles. The van der Waals surface area contributed by atoms with E-state index in [4.69, 9.17) is 18.3 Å². The number of methoxy groups -OCH3 is 2. The van der Waals surface area contributed by atoms with Crippen LogP contribution in [0.1, 0.15) is 53.3 Å². The molecule has 3 rings (SSSR count). The molecule has 0 spiro atoms. The second-order valence-electron chi connectivity index (χ2n) is 6.24. The molecule has 0 atom stereocenters. The molecular weight excluding hydrogens is 424 g/mol. The zero-order valence-electron chi connectivity index (χ0n) is 17.1. The standard InChI is InChI=1S/C22H18O10/c1-27-21(25)17-9-7-15(31-17)11-29-19(23)13-3-5-14(6-4-13)20(24)30-12-16-8-10-18(32-16)22(26)28-2/h3-10H,11-12H2,1-2H3. The number of carbonyl (C=O) groups is 4. The highest BCUT2D eigenvalue weighted by Crippen LogP contribution is 2.14. The smallest absolute Gasteiger partial charge is 0.373 e. The Hall–Kier alpha value is -4.34. The lowest BCUT2D eigenvalue weighted by molar-refractivity contribution is 0.0422. The van der Waals surface area contributed by atoms with Crippen LogP contribution in [0.5, 0.6) is 0 Å². The van der Waals surface area contributed by atoms with Gasteiger partial charge in [-0.25, -0.2) is 19.2 Å². The van der Waals surface area contributed by atoms with Crippen LogP contribution in [0.3, 0.4) is 0 Å². The fourth-order valence-corrected chi connectivity index (χ4v) is 2.51. The molecule has 0 bridgehead atoms. The highest BCUT2D eigenvalue weighted by Gasteiger charge is 2.16. The number of hydrogen-bond acceptors (Lipinski definition) is 10.